The van der Waals surface area contributed by atoms with Crippen molar-refractivity contribution < 1.29 is 17.9 Å². The highest BCUT2D eigenvalue weighted by molar-refractivity contribution is 7.89. The van der Waals surface area contributed by atoms with Gasteiger partial charge in [-0.2, -0.15) is 4.98 Å². The van der Waals surface area contributed by atoms with Gasteiger partial charge in [0, 0.05) is 40.5 Å². The van der Waals surface area contributed by atoms with E-state index >= 15 is 0 Å². The number of ether oxygens (including phenoxy) is 1. The topological polar surface area (TPSA) is 110 Å². The second-order valence-corrected chi connectivity index (χ2v) is 11.4. The lowest BCUT2D eigenvalue weighted by Crippen LogP contribution is -2.12. The molecule has 0 radical (unpaired) electrons. The lowest BCUT2D eigenvalue weighted by molar-refractivity contribution is 0.102. The van der Waals surface area contributed by atoms with E-state index in [1.54, 1.807) is 72.9 Å². The summed E-state index contributed by atoms with van der Waals surface area (Å²) in [6.45, 7) is 0. The third kappa shape index (κ3) is 6.90. The Morgan fingerprint density at radius 2 is 1.72 bits per heavy atom. The number of amides is 1. The first-order valence-corrected chi connectivity index (χ1v) is 14.3. The van der Waals surface area contributed by atoms with Crippen LogP contribution in [0.4, 0.5) is 17.3 Å². The van der Waals surface area contributed by atoms with Crippen molar-refractivity contribution in [3.8, 4) is 11.6 Å². The summed E-state index contributed by atoms with van der Waals surface area (Å²) in [5.41, 5.74) is 2.44. The molecule has 196 valence electrons. The smallest absolute Gasteiger partial charge is 0.256 e. The summed E-state index contributed by atoms with van der Waals surface area (Å²) < 4.78 is 29.2. The Morgan fingerprint density at radius 1 is 0.923 bits per heavy atom. The number of aromatic nitrogens is 2. The van der Waals surface area contributed by atoms with Gasteiger partial charge in [-0.1, -0.05) is 41.9 Å². The number of rotatable bonds is 8. The van der Waals surface area contributed by atoms with Gasteiger partial charge in [0.25, 0.3) is 5.91 Å². The van der Waals surface area contributed by atoms with Gasteiger partial charge in [-0.15, -0.1) is 0 Å². The van der Waals surface area contributed by atoms with Crippen LogP contribution in [-0.4, -0.2) is 30.5 Å². The molecule has 5 aromatic rings. The van der Waals surface area contributed by atoms with Crippen LogP contribution in [0.2, 0.25) is 5.02 Å². The fourth-order valence-corrected chi connectivity index (χ4v) is 5.01. The number of fused-ring (bicyclic) bond motifs is 1. The summed E-state index contributed by atoms with van der Waals surface area (Å²) in [5, 5.41) is 8.08. The summed E-state index contributed by atoms with van der Waals surface area (Å²) in [6.07, 6.45) is 2.75. The van der Waals surface area contributed by atoms with E-state index in [4.69, 9.17) is 16.3 Å². The maximum atomic E-state index is 13.0. The van der Waals surface area contributed by atoms with Gasteiger partial charge >= 0.3 is 0 Å². The van der Waals surface area contributed by atoms with Gasteiger partial charge in [-0.3, -0.25) is 4.79 Å². The van der Waals surface area contributed by atoms with Gasteiger partial charge in [0.2, 0.25) is 11.8 Å². The van der Waals surface area contributed by atoms with Gasteiger partial charge in [-0.05, 0) is 70.9 Å². The zero-order chi connectivity index (χ0) is 27.4. The van der Waals surface area contributed by atoms with Gasteiger partial charge in [0.15, 0.2) is 9.84 Å². The van der Waals surface area contributed by atoms with Gasteiger partial charge < -0.3 is 15.4 Å². The van der Waals surface area contributed by atoms with Crippen molar-refractivity contribution in [3.05, 3.63) is 113 Å². The van der Waals surface area contributed by atoms with Crippen molar-refractivity contribution in [1.29, 1.82) is 0 Å². The van der Waals surface area contributed by atoms with E-state index in [1.165, 1.54) is 6.26 Å². The van der Waals surface area contributed by atoms with E-state index in [2.05, 4.69) is 20.6 Å². The first-order valence-electron chi connectivity index (χ1n) is 11.9. The molecule has 0 unspecified atom stereocenters. The number of carbonyl (C=O) groups excluding carboxylic acids is 1. The maximum absolute atomic E-state index is 13.0. The van der Waals surface area contributed by atoms with Crippen LogP contribution in [-0.2, 0) is 15.6 Å². The van der Waals surface area contributed by atoms with E-state index in [1.807, 2.05) is 24.3 Å². The minimum atomic E-state index is -3.15. The highest BCUT2D eigenvalue weighted by Crippen LogP contribution is 2.28. The molecular formula is C29H23ClN4O4S. The molecule has 0 aliphatic rings. The molecule has 10 heteroatoms. The van der Waals surface area contributed by atoms with E-state index in [0.717, 1.165) is 10.8 Å². The number of anilines is 3. The molecule has 5 rings (SSSR count). The number of hydrogen-bond donors (Lipinski definition) is 2. The standard InChI is InChI=1S/C29H23ClN4O4S/c1-39(36,37)18-19-5-2-8-22(15-19)33-29-31-14-13-27(34-29)38-24-11-12-25-20(16-24)6-3-10-26(25)28(35)32-23-9-4-7-21(30)17-23/h2-17H,18H2,1H3,(H,32,35)(H,31,33,34). The number of carbonyl (C=O) groups is 1. The molecule has 0 atom stereocenters. The molecule has 0 bridgehead atoms. The number of sulfone groups is 1. The average Bonchev–Trinajstić information content (AvgIpc) is 2.88. The van der Waals surface area contributed by atoms with E-state index in [0.29, 0.717) is 45.1 Å². The van der Waals surface area contributed by atoms with Gasteiger partial charge in [0.1, 0.15) is 5.75 Å². The molecule has 1 aromatic heterocycles. The molecule has 0 saturated carbocycles. The predicted octanol–water partition coefficient (Wildman–Crippen LogP) is 6.62. The number of nitrogens with one attached hydrogen (secondary N) is 2. The van der Waals surface area contributed by atoms with Crippen molar-refractivity contribution >= 4 is 55.4 Å². The molecular weight excluding hydrogens is 536 g/mol. The Morgan fingerprint density at radius 3 is 2.54 bits per heavy atom. The summed E-state index contributed by atoms with van der Waals surface area (Å²) in [6, 6.07) is 26.5. The van der Waals surface area contributed by atoms with Crippen LogP contribution < -0.4 is 15.4 Å². The third-order valence-corrected chi connectivity index (χ3v) is 6.74. The molecule has 0 fully saturated rings. The zero-order valence-corrected chi connectivity index (χ0v) is 22.3. The lowest BCUT2D eigenvalue weighted by atomic mass is 10.0. The van der Waals surface area contributed by atoms with Crippen LogP contribution >= 0.6 is 11.6 Å². The molecule has 0 aliphatic heterocycles. The van der Waals surface area contributed by atoms with E-state index < -0.39 is 9.84 Å². The SMILES string of the molecule is CS(=O)(=O)Cc1cccc(Nc2nccc(Oc3ccc4c(C(=O)Nc5cccc(Cl)c5)cccc4c3)n2)c1. The number of halogens is 1. The molecule has 8 nitrogen and oxygen atoms in total. The number of benzene rings is 4. The van der Waals surface area contributed by atoms with E-state index in [-0.39, 0.29) is 11.7 Å². The van der Waals surface area contributed by atoms with Crippen LogP contribution in [0.15, 0.2) is 97.2 Å². The van der Waals surface area contributed by atoms with Crippen molar-refractivity contribution in [2.45, 2.75) is 5.75 Å². The van der Waals surface area contributed by atoms with Crippen LogP contribution in [0.3, 0.4) is 0 Å². The third-order valence-electron chi connectivity index (χ3n) is 5.64. The molecule has 0 spiro atoms. The summed E-state index contributed by atoms with van der Waals surface area (Å²) in [7, 11) is -3.15. The van der Waals surface area contributed by atoms with Crippen LogP contribution in [0.1, 0.15) is 15.9 Å². The van der Waals surface area contributed by atoms with Crippen molar-refractivity contribution in [3.63, 3.8) is 0 Å². The molecule has 2 N–H and O–H groups in total. The second-order valence-electron chi connectivity index (χ2n) is 8.87. The minimum absolute atomic E-state index is 0.0571. The van der Waals surface area contributed by atoms with Crippen LogP contribution in [0.5, 0.6) is 11.6 Å². The fraction of sp³-hybridized carbons (Fsp3) is 0.0690. The Balaban J connectivity index is 1.32. The maximum Gasteiger partial charge on any atom is 0.256 e. The molecule has 39 heavy (non-hydrogen) atoms. The van der Waals surface area contributed by atoms with Crippen molar-refractivity contribution in [2.24, 2.45) is 0 Å². The average molecular weight is 559 g/mol. The highest BCUT2D eigenvalue weighted by atomic mass is 35.5. The Labute approximate surface area is 230 Å². The molecule has 1 amide bonds. The van der Waals surface area contributed by atoms with Crippen molar-refractivity contribution in [2.75, 3.05) is 16.9 Å². The molecule has 4 aromatic carbocycles. The predicted molar refractivity (Wildman–Crippen MR) is 154 cm³/mol. The Hall–Kier alpha value is -4.47. The molecule has 0 saturated heterocycles. The van der Waals surface area contributed by atoms with Gasteiger partial charge in [0.05, 0.1) is 5.75 Å². The highest BCUT2D eigenvalue weighted by Gasteiger charge is 2.12. The molecule has 0 aliphatic carbocycles. The largest absolute Gasteiger partial charge is 0.439 e. The summed E-state index contributed by atoms with van der Waals surface area (Å²) >= 11 is 6.03. The van der Waals surface area contributed by atoms with Crippen LogP contribution in [0, 0.1) is 0 Å². The Bertz CT molecular complexity index is 1790. The normalized spacial score (nSPS) is 11.2. The quantitative estimate of drug-likeness (QED) is 0.220. The minimum Gasteiger partial charge on any atom is -0.439 e. The summed E-state index contributed by atoms with van der Waals surface area (Å²) in [4.78, 5) is 21.6. The number of hydrogen-bond acceptors (Lipinski definition) is 7. The Kier molecular flexibility index (Phi) is 7.44. The van der Waals surface area contributed by atoms with Crippen molar-refractivity contribution in [1.82, 2.24) is 9.97 Å². The fourth-order valence-electron chi connectivity index (χ4n) is 4.04. The van der Waals surface area contributed by atoms with E-state index in [9.17, 15) is 13.2 Å². The zero-order valence-electron chi connectivity index (χ0n) is 20.8. The summed E-state index contributed by atoms with van der Waals surface area (Å²) in [5.74, 6) is 0.843. The molecule has 1 heterocycles. The van der Waals surface area contributed by atoms with Gasteiger partial charge in [-0.25, -0.2) is 13.4 Å². The second kappa shape index (κ2) is 11.1. The lowest BCUT2D eigenvalue weighted by Gasteiger charge is -2.11. The first-order chi connectivity index (χ1) is 18.7. The van der Waals surface area contributed by atoms with Crippen LogP contribution in [0.25, 0.3) is 10.8 Å². The number of nitrogens with zero attached hydrogens (tertiary/aromatic N) is 2. The monoisotopic (exact) mass is 558 g/mol. The first kappa shape index (κ1) is 26.1.